The highest BCUT2D eigenvalue weighted by molar-refractivity contribution is 14.1. The summed E-state index contributed by atoms with van der Waals surface area (Å²) >= 11 is 5.64. The van der Waals surface area contributed by atoms with Crippen LogP contribution in [0.5, 0.6) is 0 Å². The maximum absolute atomic E-state index is 12.2. The van der Waals surface area contributed by atoms with Crippen molar-refractivity contribution in [1.82, 2.24) is 10.2 Å². The average Bonchev–Trinajstić information content (AvgIpc) is 2.38. The number of hydrogen-bond donors (Lipinski definition) is 1. The minimum Gasteiger partial charge on any atom is -0.348 e. The SMILES string of the molecule is CCN(CC)CC(C)NC(=O)c1cc(I)ccc1Br. The maximum atomic E-state index is 12.2. The van der Waals surface area contributed by atoms with Gasteiger partial charge in [-0.3, -0.25) is 4.79 Å². The van der Waals surface area contributed by atoms with E-state index in [0.29, 0.717) is 5.56 Å². The van der Waals surface area contributed by atoms with Gasteiger partial charge in [0.2, 0.25) is 0 Å². The zero-order chi connectivity index (χ0) is 14.4. The highest BCUT2D eigenvalue weighted by atomic mass is 127. The van der Waals surface area contributed by atoms with Crippen molar-refractivity contribution in [2.45, 2.75) is 26.8 Å². The van der Waals surface area contributed by atoms with Crippen molar-refractivity contribution in [2.75, 3.05) is 19.6 Å². The van der Waals surface area contributed by atoms with Crippen molar-refractivity contribution in [3.63, 3.8) is 0 Å². The van der Waals surface area contributed by atoms with E-state index in [-0.39, 0.29) is 11.9 Å². The van der Waals surface area contributed by atoms with Crippen LogP contribution >= 0.6 is 38.5 Å². The fourth-order valence-electron chi connectivity index (χ4n) is 1.89. The van der Waals surface area contributed by atoms with Crippen LogP contribution in [0.25, 0.3) is 0 Å². The molecule has 3 nitrogen and oxygen atoms in total. The summed E-state index contributed by atoms with van der Waals surface area (Å²) in [7, 11) is 0. The normalized spacial score (nSPS) is 12.5. The fraction of sp³-hybridized carbons (Fsp3) is 0.500. The maximum Gasteiger partial charge on any atom is 0.252 e. The Morgan fingerprint density at radius 2 is 2.05 bits per heavy atom. The number of rotatable bonds is 6. The van der Waals surface area contributed by atoms with Gasteiger partial charge in [-0.1, -0.05) is 13.8 Å². The van der Waals surface area contributed by atoms with Gasteiger partial charge in [-0.25, -0.2) is 0 Å². The highest BCUT2D eigenvalue weighted by Gasteiger charge is 2.14. The number of carbonyl (C=O) groups excluding carboxylic acids is 1. The Balaban J connectivity index is 2.66. The van der Waals surface area contributed by atoms with E-state index in [1.54, 1.807) is 0 Å². The molecule has 0 saturated heterocycles. The van der Waals surface area contributed by atoms with Crippen LogP contribution in [0, 0.1) is 3.57 Å². The van der Waals surface area contributed by atoms with Crippen LogP contribution in [0.2, 0.25) is 0 Å². The molecule has 1 atom stereocenters. The Kier molecular flexibility index (Phi) is 7.31. The molecule has 1 aromatic rings. The smallest absolute Gasteiger partial charge is 0.252 e. The number of halogens is 2. The first-order chi connectivity index (χ1) is 8.97. The van der Waals surface area contributed by atoms with E-state index in [4.69, 9.17) is 0 Å². The summed E-state index contributed by atoms with van der Waals surface area (Å²) in [6, 6.07) is 5.91. The molecule has 1 rings (SSSR count). The zero-order valence-corrected chi connectivity index (χ0v) is 15.3. The first kappa shape index (κ1) is 16.9. The summed E-state index contributed by atoms with van der Waals surface area (Å²) in [5, 5.41) is 3.05. The predicted molar refractivity (Wildman–Crippen MR) is 91.6 cm³/mol. The summed E-state index contributed by atoms with van der Waals surface area (Å²) in [6.07, 6.45) is 0. The van der Waals surface area contributed by atoms with Gasteiger partial charge in [-0.2, -0.15) is 0 Å². The van der Waals surface area contributed by atoms with Crippen molar-refractivity contribution in [3.05, 3.63) is 31.8 Å². The van der Waals surface area contributed by atoms with Crippen LogP contribution in [-0.4, -0.2) is 36.5 Å². The lowest BCUT2D eigenvalue weighted by atomic mass is 10.2. The van der Waals surface area contributed by atoms with Crippen molar-refractivity contribution in [3.8, 4) is 0 Å². The Labute approximate surface area is 137 Å². The monoisotopic (exact) mass is 438 g/mol. The van der Waals surface area contributed by atoms with Crippen molar-refractivity contribution >= 4 is 44.4 Å². The molecule has 0 aromatic heterocycles. The Morgan fingerprint density at radius 3 is 2.63 bits per heavy atom. The molecule has 0 aliphatic rings. The Hall–Kier alpha value is -0.140. The number of carbonyl (C=O) groups is 1. The number of benzene rings is 1. The van der Waals surface area contributed by atoms with Gasteiger partial charge < -0.3 is 10.2 Å². The van der Waals surface area contributed by atoms with Gasteiger partial charge in [0.1, 0.15) is 0 Å². The summed E-state index contributed by atoms with van der Waals surface area (Å²) < 4.78 is 1.89. The largest absolute Gasteiger partial charge is 0.348 e. The van der Waals surface area contributed by atoms with Crippen molar-refractivity contribution in [1.29, 1.82) is 0 Å². The molecule has 5 heteroatoms. The molecule has 0 fully saturated rings. The summed E-state index contributed by atoms with van der Waals surface area (Å²) in [5.41, 5.74) is 0.693. The minimum atomic E-state index is -0.0231. The number of likely N-dealkylation sites (N-methyl/N-ethyl adjacent to an activating group) is 1. The average molecular weight is 439 g/mol. The molecule has 0 bridgehead atoms. The Bertz CT molecular complexity index is 435. The standard InChI is InChI=1S/C14H20BrIN2O/c1-4-18(5-2)9-10(3)17-14(19)12-8-11(16)6-7-13(12)15/h6-8,10H,4-5,9H2,1-3H3,(H,17,19). The number of amides is 1. The van der Waals surface area contributed by atoms with Crippen molar-refractivity contribution < 1.29 is 4.79 Å². The van der Waals surface area contributed by atoms with Gasteiger partial charge in [0.25, 0.3) is 5.91 Å². The molecule has 1 amide bonds. The van der Waals surface area contributed by atoms with E-state index in [1.807, 2.05) is 25.1 Å². The molecule has 0 aliphatic heterocycles. The lowest BCUT2D eigenvalue weighted by molar-refractivity contribution is 0.0929. The first-order valence-electron chi connectivity index (χ1n) is 6.46. The molecular formula is C14H20BrIN2O. The molecule has 0 saturated carbocycles. The molecule has 0 heterocycles. The topological polar surface area (TPSA) is 32.3 Å². The van der Waals surface area contributed by atoms with Gasteiger partial charge in [-0.15, -0.1) is 0 Å². The molecule has 0 spiro atoms. The first-order valence-corrected chi connectivity index (χ1v) is 8.33. The van der Waals surface area contributed by atoms with E-state index < -0.39 is 0 Å². The van der Waals surface area contributed by atoms with Crippen LogP contribution in [0.15, 0.2) is 22.7 Å². The molecule has 1 N–H and O–H groups in total. The predicted octanol–water partition coefficient (Wildman–Crippen LogP) is 3.51. The van der Waals surface area contributed by atoms with E-state index in [2.05, 4.69) is 62.6 Å². The summed E-state index contributed by atoms with van der Waals surface area (Å²) in [6.45, 7) is 9.19. The lowest BCUT2D eigenvalue weighted by Crippen LogP contribution is -2.42. The van der Waals surface area contributed by atoms with Crippen LogP contribution < -0.4 is 5.32 Å². The summed E-state index contributed by atoms with van der Waals surface area (Å²) in [4.78, 5) is 14.5. The van der Waals surface area contributed by atoms with Crippen molar-refractivity contribution in [2.24, 2.45) is 0 Å². The van der Waals surface area contributed by atoms with Crippen LogP contribution in [0.4, 0.5) is 0 Å². The summed E-state index contributed by atoms with van der Waals surface area (Å²) in [5.74, 6) is -0.0231. The molecule has 1 unspecified atom stereocenters. The van der Waals surface area contributed by atoms with Crippen LogP contribution in [0.1, 0.15) is 31.1 Å². The molecular weight excluding hydrogens is 419 g/mol. The second-order valence-corrected chi connectivity index (χ2v) is 6.58. The van der Waals surface area contributed by atoms with E-state index in [1.165, 1.54) is 0 Å². The van der Waals surface area contributed by atoms with Gasteiger partial charge in [-0.05, 0) is 76.7 Å². The van der Waals surface area contributed by atoms with Crippen LogP contribution in [0.3, 0.4) is 0 Å². The number of nitrogens with one attached hydrogen (secondary N) is 1. The molecule has 19 heavy (non-hydrogen) atoms. The Morgan fingerprint density at radius 1 is 1.42 bits per heavy atom. The number of nitrogens with zero attached hydrogens (tertiary/aromatic N) is 1. The van der Waals surface area contributed by atoms with E-state index in [9.17, 15) is 4.79 Å². The van der Waals surface area contributed by atoms with Gasteiger partial charge in [0.05, 0.1) is 5.56 Å². The van der Waals surface area contributed by atoms with Gasteiger partial charge in [0.15, 0.2) is 0 Å². The third-order valence-electron chi connectivity index (χ3n) is 2.98. The minimum absolute atomic E-state index is 0.0231. The number of hydrogen-bond acceptors (Lipinski definition) is 2. The van der Waals surface area contributed by atoms with Gasteiger partial charge >= 0.3 is 0 Å². The third kappa shape index (κ3) is 5.39. The highest BCUT2D eigenvalue weighted by Crippen LogP contribution is 2.19. The fourth-order valence-corrected chi connectivity index (χ4v) is 2.81. The second-order valence-electron chi connectivity index (χ2n) is 4.48. The molecule has 1 aromatic carbocycles. The molecule has 106 valence electrons. The second kappa shape index (κ2) is 8.21. The molecule has 0 aliphatic carbocycles. The van der Waals surface area contributed by atoms with E-state index >= 15 is 0 Å². The van der Waals surface area contributed by atoms with Crippen LogP contribution in [-0.2, 0) is 0 Å². The molecule has 0 radical (unpaired) electrons. The third-order valence-corrected chi connectivity index (χ3v) is 4.34. The van der Waals surface area contributed by atoms with Gasteiger partial charge in [0, 0.05) is 20.6 Å². The quantitative estimate of drug-likeness (QED) is 0.689. The van der Waals surface area contributed by atoms with E-state index in [0.717, 1.165) is 27.7 Å². The zero-order valence-electron chi connectivity index (χ0n) is 11.5. The lowest BCUT2D eigenvalue weighted by Gasteiger charge is -2.23.